The highest BCUT2D eigenvalue weighted by molar-refractivity contribution is 6.30. The molecule has 0 amide bonds. The van der Waals surface area contributed by atoms with Gasteiger partial charge in [-0.25, -0.2) is 9.37 Å². The predicted molar refractivity (Wildman–Crippen MR) is 157 cm³/mol. The van der Waals surface area contributed by atoms with Crippen LogP contribution in [0.3, 0.4) is 0 Å². The number of aromatic nitrogens is 5. The molecule has 2 fully saturated rings. The van der Waals surface area contributed by atoms with Crippen molar-refractivity contribution in [1.29, 1.82) is 5.26 Å². The molecule has 9 nitrogen and oxygen atoms in total. The lowest BCUT2D eigenvalue weighted by molar-refractivity contribution is -0.144. The number of aromatic amines is 1. The summed E-state index contributed by atoms with van der Waals surface area (Å²) in [6, 6.07) is 13.0. The first kappa shape index (κ1) is 30.4. The molecule has 14 heteroatoms. The molecule has 1 N–H and O–H groups in total. The third kappa shape index (κ3) is 5.76. The van der Waals surface area contributed by atoms with Crippen molar-refractivity contribution in [1.82, 2.24) is 30.0 Å². The van der Waals surface area contributed by atoms with Crippen LogP contribution in [0.25, 0.3) is 11.4 Å². The van der Waals surface area contributed by atoms with E-state index in [9.17, 15) is 18.4 Å². The topological polar surface area (TPSA) is 113 Å². The van der Waals surface area contributed by atoms with Crippen molar-refractivity contribution in [2.24, 2.45) is 5.41 Å². The SMILES string of the molecule is C[C@@]1(c2ccc(Cl)cn2)Oc2cccc([C@H]3CCN(Cc4ncc(-c5n[nH]c(C(F)(F)F)n5)cc4CC4(C#N)CC4)C[C@H]3F)c2O1. The van der Waals surface area contributed by atoms with Gasteiger partial charge in [0.25, 0.3) is 5.79 Å². The van der Waals surface area contributed by atoms with E-state index in [2.05, 4.69) is 26.1 Å². The van der Waals surface area contributed by atoms with E-state index in [4.69, 9.17) is 21.1 Å². The van der Waals surface area contributed by atoms with Crippen LogP contribution >= 0.6 is 11.6 Å². The number of nitrogens with zero attached hydrogens (tertiary/aromatic N) is 6. The molecule has 3 aromatic heterocycles. The summed E-state index contributed by atoms with van der Waals surface area (Å²) in [6.45, 7) is 2.77. The smallest absolute Gasteiger partial charge is 0.443 e. The zero-order valence-electron chi connectivity index (χ0n) is 24.6. The number of likely N-dealkylation sites (tertiary alicyclic amines) is 1. The van der Waals surface area contributed by atoms with Crippen LogP contribution in [0.5, 0.6) is 11.5 Å². The molecule has 5 heterocycles. The minimum absolute atomic E-state index is 0.132. The summed E-state index contributed by atoms with van der Waals surface area (Å²) >= 11 is 6.00. The lowest BCUT2D eigenvalue weighted by Gasteiger charge is -2.35. The molecular weight excluding hydrogens is 626 g/mol. The minimum Gasteiger partial charge on any atom is -0.443 e. The van der Waals surface area contributed by atoms with Gasteiger partial charge in [-0.2, -0.15) is 23.5 Å². The van der Waals surface area contributed by atoms with Crippen molar-refractivity contribution in [3.8, 4) is 29.0 Å². The molecule has 3 atom stereocenters. The Balaban J connectivity index is 1.09. The number of piperidine rings is 1. The Morgan fingerprint density at radius 3 is 2.65 bits per heavy atom. The van der Waals surface area contributed by atoms with E-state index in [0.717, 1.165) is 18.4 Å². The number of rotatable bonds is 7. The molecule has 4 aromatic rings. The fourth-order valence-electron chi connectivity index (χ4n) is 6.18. The number of H-pyrrole nitrogens is 1. The zero-order valence-corrected chi connectivity index (χ0v) is 25.4. The molecule has 0 radical (unpaired) electrons. The van der Waals surface area contributed by atoms with Crippen LogP contribution in [0.1, 0.15) is 60.4 Å². The van der Waals surface area contributed by atoms with Crippen molar-refractivity contribution in [3.05, 3.63) is 82.2 Å². The summed E-state index contributed by atoms with van der Waals surface area (Å²) in [5.41, 5.74) is 2.39. The number of halogens is 5. The van der Waals surface area contributed by atoms with Crippen molar-refractivity contribution in [2.45, 2.75) is 63.2 Å². The molecule has 1 saturated carbocycles. The summed E-state index contributed by atoms with van der Waals surface area (Å²) < 4.78 is 67.8. The standard InChI is InChI=1S/C32H28ClF4N7O2/c1-30(26-6-5-20(33)14-40-26)45-25-4-2-3-22(27(25)46-30)21-7-10-44(15-23(21)34)16-24-18(12-31(17-38)8-9-31)11-19(13-39-24)28-41-29(43-42-28)32(35,36)37/h2-6,11,13-14,21,23H,7-10,12,15-16H2,1H3,(H,41,42,43)/t21-,23-,30-/m1/s1. The van der Waals surface area contributed by atoms with Gasteiger partial charge in [-0.1, -0.05) is 23.7 Å². The van der Waals surface area contributed by atoms with Gasteiger partial charge in [0.15, 0.2) is 17.3 Å². The maximum atomic E-state index is 16.0. The number of ether oxygens (including phenoxy) is 2. The Labute approximate surface area is 266 Å². The third-order valence-corrected chi connectivity index (χ3v) is 9.12. The minimum atomic E-state index is -4.66. The Morgan fingerprint density at radius 2 is 1.98 bits per heavy atom. The van der Waals surface area contributed by atoms with E-state index in [1.165, 1.54) is 12.4 Å². The number of hydrogen-bond donors (Lipinski definition) is 1. The number of pyridine rings is 2. The highest BCUT2D eigenvalue weighted by Crippen LogP contribution is 2.50. The van der Waals surface area contributed by atoms with E-state index in [1.807, 2.05) is 22.1 Å². The molecule has 238 valence electrons. The van der Waals surface area contributed by atoms with Crippen molar-refractivity contribution in [3.63, 3.8) is 0 Å². The Kier molecular flexibility index (Phi) is 7.40. The highest BCUT2D eigenvalue weighted by atomic mass is 35.5. The Morgan fingerprint density at radius 1 is 1.15 bits per heavy atom. The lowest BCUT2D eigenvalue weighted by atomic mass is 9.87. The van der Waals surface area contributed by atoms with Crippen LogP contribution in [-0.2, 0) is 24.9 Å². The summed E-state index contributed by atoms with van der Waals surface area (Å²) in [5, 5.41) is 15.9. The van der Waals surface area contributed by atoms with Crippen LogP contribution in [0, 0.1) is 16.7 Å². The zero-order chi connectivity index (χ0) is 32.3. The van der Waals surface area contributed by atoms with Crippen LogP contribution in [0.15, 0.2) is 48.8 Å². The third-order valence-electron chi connectivity index (χ3n) is 8.89. The average molecular weight is 654 g/mol. The first-order valence-electron chi connectivity index (χ1n) is 14.8. The van der Waals surface area contributed by atoms with Crippen molar-refractivity contribution in [2.75, 3.05) is 13.1 Å². The second-order valence-electron chi connectivity index (χ2n) is 12.2. The molecule has 0 bridgehead atoms. The molecule has 1 aliphatic carbocycles. The fourth-order valence-corrected chi connectivity index (χ4v) is 6.29. The van der Waals surface area contributed by atoms with Crippen LogP contribution < -0.4 is 9.47 Å². The van der Waals surface area contributed by atoms with Gasteiger partial charge in [-0.3, -0.25) is 20.0 Å². The normalized spacial score (nSPS) is 23.7. The van der Waals surface area contributed by atoms with Crippen LogP contribution in [0.2, 0.25) is 5.02 Å². The maximum absolute atomic E-state index is 16.0. The number of benzene rings is 1. The maximum Gasteiger partial charge on any atom is 0.451 e. The van der Waals surface area contributed by atoms with E-state index < -0.39 is 35.3 Å². The van der Waals surface area contributed by atoms with Crippen LogP contribution in [0.4, 0.5) is 17.6 Å². The first-order chi connectivity index (χ1) is 22.0. The molecular formula is C32H28ClF4N7O2. The van der Waals surface area contributed by atoms with Gasteiger partial charge in [-0.15, -0.1) is 0 Å². The van der Waals surface area contributed by atoms with Gasteiger partial charge in [0, 0.05) is 49.5 Å². The first-order valence-corrected chi connectivity index (χ1v) is 15.2. The Hall–Kier alpha value is -4.28. The molecule has 0 unspecified atom stereocenters. The van der Waals surface area contributed by atoms with Gasteiger partial charge in [0.2, 0.25) is 5.82 Å². The van der Waals surface area contributed by atoms with Crippen molar-refractivity contribution >= 4 is 11.6 Å². The molecule has 0 spiro atoms. The van der Waals surface area contributed by atoms with E-state index in [0.29, 0.717) is 65.0 Å². The predicted octanol–water partition coefficient (Wildman–Crippen LogP) is 6.75. The quantitative estimate of drug-likeness (QED) is 0.218. The average Bonchev–Trinajstić information content (AvgIpc) is 3.42. The van der Waals surface area contributed by atoms with Gasteiger partial charge in [0.1, 0.15) is 11.9 Å². The molecule has 3 aliphatic rings. The number of alkyl halides is 4. The Bertz CT molecular complexity index is 1820. The fraction of sp³-hybridized carbons (Fsp3) is 0.406. The second-order valence-corrected chi connectivity index (χ2v) is 12.7. The summed E-state index contributed by atoms with van der Waals surface area (Å²) in [5.74, 6) is -1.95. The number of nitriles is 1. The van der Waals surface area contributed by atoms with Crippen LogP contribution in [-0.4, -0.2) is 49.3 Å². The summed E-state index contributed by atoms with van der Waals surface area (Å²) in [6.07, 6.45) is -0.608. The highest BCUT2D eigenvalue weighted by Gasteiger charge is 2.45. The molecule has 7 rings (SSSR count). The summed E-state index contributed by atoms with van der Waals surface area (Å²) in [7, 11) is 0. The van der Waals surface area contributed by atoms with Gasteiger partial charge in [-0.05, 0) is 62.1 Å². The van der Waals surface area contributed by atoms with E-state index in [-0.39, 0.29) is 12.4 Å². The summed E-state index contributed by atoms with van der Waals surface area (Å²) in [4.78, 5) is 14.5. The van der Waals surface area contributed by atoms with Crippen molar-refractivity contribution < 1.29 is 27.0 Å². The number of fused-ring (bicyclic) bond motifs is 1. The molecule has 2 aliphatic heterocycles. The molecule has 1 saturated heterocycles. The van der Waals surface area contributed by atoms with E-state index in [1.54, 1.807) is 31.2 Å². The van der Waals surface area contributed by atoms with Gasteiger partial charge in [0.05, 0.1) is 22.2 Å². The molecule has 1 aromatic carbocycles. The second kappa shape index (κ2) is 11.2. The van der Waals surface area contributed by atoms with E-state index >= 15 is 4.39 Å². The van der Waals surface area contributed by atoms with Gasteiger partial charge >= 0.3 is 6.18 Å². The molecule has 46 heavy (non-hydrogen) atoms. The number of para-hydroxylation sites is 1. The lowest BCUT2D eigenvalue weighted by Crippen LogP contribution is -2.40. The monoisotopic (exact) mass is 653 g/mol. The number of hydrogen-bond acceptors (Lipinski definition) is 8. The number of nitrogens with one attached hydrogen (secondary N) is 1. The largest absolute Gasteiger partial charge is 0.451 e. The van der Waals surface area contributed by atoms with Gasteiger partial charge < -0.3 is 9.47 Å².